The second-order valence-corrected chi connectivity index (χ2v) is 3.48. The number of hydrogen-bond donors (Lipinski definition) is 2. The average molecular weight is 211 g/mol. The largest absolute Gasteiger partial charge is 0.375 e. The van der Waals surface area contributed by atoms with E-state index in [4.69, 9.17) is 5.73 Å². The zero-order valence-corrected chi connectivity index (χ0v) is 8.53. The van der Waals surface area contributed by atoms with Crippen molar-refractivity contribution < 1.29 is 14.3 Å². The van der Waals surface area contributed by atoms with Gasteiger partial charge in [0.05, 0.1) is 0 Å². The molecule has 0 bridgehead atoms. The summed E-state index contributed by atoms with van der Waals surface area (Å²) in [5.41, 5.74) is 3.78. The first kappa shape index (κ1) is 11.7. The van der Waals surface area contributed by atoms with Crippen molar-refractivity contribution in [3.05, 3.63) is 35.6 Å². The molecule has 0 spiro atoms. The fourth-order valence-electron chi connectivity index (χ4n) is 1.50. The normalized spacial score (nSPS) is 14.6. The van der Waals surface area contributed by atoms with Crippen molar-refractivity contribution in [3.8, 4) is 0 Å². The fourth-order valence-corrected chi connectivity index (χ4v) is 1.50. The molecule has 1 aromatic rings. The topological polar surface area (TPSA) is 63.3 Å². The van der Waals surface area contributed by atoms with Gasteiger partial charge < -0.3 is 10.8 Å². The third-order valence-electron chi connectivity index (χ3n) is 2.34. The number of primary amides is 1. The minimum atomic E-state index is -1.69. The lowest BCUT2D eigenvalue weighted by Gasteiger charge is -2.24. The van der Waals surface area contributed by atoms with Crippen molar-refractivity contribution in [1.82, 2.24) is 0 Å². The molecule has 15 heavy (non-hydrogen) atoms. The highest BCUT2D eigenvalue weighted by molar-refractivity contribution is 5.84. The van der Waals surface area contributed by atoms with Crippen LogP contribution in [0, 0.1) is 5.82 Å². The number of amides is 1. The van der Waals surface area contributed by atoms with Crippen molar-refractivity contribution in [2.45, 2.75) is 25.4 Å². The second kappa shape index (κ2) is 4.40. The molecule has 0 aliphatic carbocycles. The predicted molar refractivity (Wildman–Crippen MR) is 54.4 cm³/mol. The molecule has 1 atom stereocenters. The molecule has 3 N–H and O–H groups in total. The highest BCUT2D eigenvalue weighted by atomic mass is 19.1. The maximum absolute atomic E-state index is 12.7. The Kier molecular flexibility index (Phi) is 3.42. The Balaban J connectivity index is 3.09. The number of rotatable bonds is 4. The Morgan fingerprint density at radius 1 is 1.47 bits per heavy atom. The van der Waals surface area contributed by atoms with Crippen LogP contribution in [-0.4, -0.2) is 11.0 Å². The highest BCUT2D eigenvalue weighted by Gasteiger charge is 2.34. The number of aliphatic hydroxyl groups is 1. The number of carbonyl (C=O) groups excluding carboxylic acids is 1. The molecule has 3 nitrogen and oxygen atoms in total. The Hall–Kier alpha value is -1.42. The number of halogens is 1. The highest BCUT2D eigenvalue weighted by Crippen LogP contribution is 2.26. The van der Waals surface area contributed by atoms with Gasteiger partial charge in [-0.15, -0.1) is 0 Å². The molecule has 0 aliphatic heterocycles. The second-order valence-electron chi connectivity index (χ2n) is 3.48. The molecule has 1 amide bonds. The predicted octanol–water partition coefficient (Wildman–Crippen LogP) is 1.30. The van der Waals surface area contributed by atoms with Crippen LogP contribution < -0.4 is 5.73 Å². The van der Waals surface area contributed by atoms with E-state index >= 15 is 0 Å². The minimum Gasteiger partial charge on any atom is -0.375 e. The van der Waals surface area contributed by atoms with Crippen LogP contribution in [0.15, 0.2) is 24.3 Å². The monoisotopic (exact) mass is 211 g/mol. The van der Waals surface area contributed by atoms with Crippen LogP contribution in [-0.2, 0) is 10.4 Å². The van der Waals surface area contributed by atoms with Gasteiger partial charge in [0.2, 0.25) is 0 Å². The Labute approximate surface area is 87.7 Å². The van der Waals surface area contributed by atoms with E-state index in [1.54, 1.807) is 0 Å². The molecule has 1 rings (SSSR count). The third-order valence-corrected chi connectivity index (χ3v) is 2.34. The van der Waals surface area contributed by atoms with E-state index in [2.05, 4.69) is 0 Å². The molecular formula is C11H14FNO2. The van der Waals surface area contributed by atoms with Crippen molar-refractivity contribution in [1.29, 1.82) is 0 Å². The molecular weight excluding hydrogens is 197 g/mol. The number of benzene rings is 1. The standard InChI is InChI=1S/C11H14FNO2/c1-2-7-11(15,10(13)14)8-3-5-9(12)6-4-8/h3-6,15H,2,7H2,1H3,(H2,13,14). The summed E-state index contributed by atoms with van der Waals surface area (Å²) in [7, 11) is 0. The third kappa shape index (κ3) is 2.33. The lowest BCUT2D eigenvalue weighted by atomic mass is 9.89. The van der Waals surface area contributed by atoms with E-state index in [0.29, 0.717) is 12.0 Å². The van der Waals surface area contributed by atoms with Crippen LogP contribution >= 0.6 is 0 Å². The van der Waals surface area contributed by atoms with Crippen LogP contribution in [0.2, 0.25) is 0 Å². The van der Waals surface area contributed by atoms with E-state index in [1.165, 1.54) is 24.3 Å². The van der Waals surface area contributed by atoms with Crippen LogP contribution in [0.3, 0.4) is 0 Å². The molecule has 0 aliphatic rings. The summed E-state index contributed by atoms with van der Waals surface area (Å²) in [6.07, 6.45) is 0.838. The van der Waals surface area contributed by atoms with Crippen molar-refractivity contribution >= 4 is 5.91 Å². The quantitative estimate of drug-likeness (QED) is 0.788. The summed E-state index contributed by atoms with van der Waals surface area (Å²) in [6, 6.07) is 5.13. The number of carbonyl (C=O) groups is 1. The molecule has 0 heterocycles. The Morgan fingerprint density at radius 3 is 2.40 bits per heavy atom. The Bertz CT molecular complexity index is 350. The summed E-state index contributed by atoms with van der Waals surface area (Å²) in [4.78, 5) is 11.2. The van der Waals surface area contributed by atoms with Gasteiger partial charge in [0.1, 0.15) is 5.82 Å². The van der Waals surface area contributed by atoms with E-state index in [0.717, 1.165) is 0 Å². The van der Waals surface area contributed by atoms with Crippen molar-refractivity contribution in [3.63, 3.8) is 0 Å². The van der Waals surface area contributed by atoms with Gasteiger partial charge in [-0.2, -0.15) is 0 Å². The number of nitrogens with two attached hydrogens (primary N) is 1. The van der Waals surface area contributed by atoms with Crippen molar-refractivity contribution in [2.75, 3.05) is 0 Å². The molecule has 1 aromatic carbocycles. The average Bonchev–Trinajstić information content (AvgIpc) is 2.18. The van der Waals surface area contributed by atoms with Gasteiger partial charge in [0.25, 0.3) is 5.91 Å². The smallest absolute Gasteiger partial charge is 0.254 e. The van der Waals surface area contributed by atoms with Gasteiger partial charge in [0.15, 0.2) is 5.60 Å². The van der Waals surface area contributed by atoms with E-state index in [1.807, 2.05) is 6.92 Å². The van der Waals surface area contributed by atoms with Gasteiger partial charge in [-0.3, -0.25) is 4.79 Å². The first-order valence-corrected chi connectivity index (χ1v) is 4.79. The van der Waals surface area contributed by atoms with Crippen LogP contribution in [0.4, 0.5) is 4.39 Å². The lowest BCUT2D eigenvalue weighted by Crippen LogP contribution is -2.41. The molecule has 0 fully saturated rings. The van der Waals surface area contributed by atoms with Gasteiger partial charge in [-0.05, 0) is 24.1 Å². The molecule has 0 radical (unpaired) electrons. The van der Waals surface area contributed by atoms with Crippen molar-refractivity contribution in [2.24, 2.45) is 5.73 Å². The first-order valence-electron chi connectivity index (χ1n) is 4.79. The maximum atomic E-state index is 12.7. The van der Waals surface area contributed by atoms with Crippen LogP contribution in [0.5, 0.6) is 0 Å². The minimum absolute atomic E-state index is 0.230. The van der Waals surface area contributed by atoms with E-state index in [-0.39, 0.29) is 6.42 Å². The molecule has 0 saturated heterocycles. The van der Waals surface area contributed by atoms with Gasteiger partial charge in [0, 0.05) is 0 Å². The lowest BCUT2D eigenvalue weighted by molar-refractivity contribution is -0.138. The SMILES string of the molecule is CCCC(O)(C(N)=O)c1ccc(F)cc1. The molecule has 4 heteroatoms. The summed E-state index contributed by atoms with van der Waals surface area (Å²) in [6.45, 7) is 1.83. The number of hydrogen-bond acceptors (Lipinski definition) is 2. The summed E-state index contributed by atoms with van der Waals surface area (Å²) >= 11 is 0. The Morgan fingerprint density at radius 2 is 2.00 bits per heavy atom. The maximum Gasteiger partial charge on any atom is 0.254 e. The summed E-state index contributed by atoms with van der Waals surface area (Å²) < 4.78 is 12.7. The van der Waals surface area contributed by atoms with Crippen LogP contribution in [0.1, 0.15) is 25.3 Å². The molecule has 1 unspecified atom stereocenters. The van der Waals surface area contributed by atoms with E-state index in [9.17, 15) is 14.3 Å². The molecule has 82 valence electrons. The summed E-state index contributed by atoms with van der Waals surface area (Å²) in [5.74, 6) is -1.22. The zero-order chi connectivity index (χ0) is 11.5. The van der Waals surface area contributed by atoms with Gasteiger partial charge in [-0.25, -0.2) is 4.39 Å². The van der Waals surface area contributed by atoms with Crippen LogP contribution in [0.25, 0.3) is 0 Å². The molecule has 0 aromatic heterocycles. The summed E-state index contributed by atoms with van der Waals surface area (Å²) in [5, 5.41) is 10.1. The van der Waals surface area contributed by atoms with E-state index < -0.39 is 17.3 Å². The van der Waals surface area contributed by atoms with Gasteiger partial charge in [-0.1, -0.05) is 25.5 Å². The zero-order valence-electron chi connectivity index (χ0n) is 8.53. The fraction of sp³-hybridized carbons (Fsp3) is 0.364. The molecule has 0 saturated carbocycles. The first-order chi connectivity index (χ1) is 7.00. The van der Waals surface area contributed by atoms with Gasteiger partial charge >= 0.3 is 0 Å².